The predicted octanol–water partition coefficient (Wildman–Crippen LogP) is 2.06. The zero-order chi connectivity index (χ0) is 11.3. The Labute approximate surface area is 98.6 Å². The number of benzene rings is 1. The minimum atomic E-state index is 0.343. The molecule has 4 heteroatoms. The van der Waals surface area contributed by atoms with Gasteiger partial charge >= 0.3 is 0 Å². The van der Waals surface area contributed by atoms with E-state index < -0.39 is 0 Å². The van der Waals surface area contributed by atoms with Crippen molar-refractivity contribution in [1.82, 2.24) is 5.32 Å². The van der Waals surface area contributed by atoms with E-state index in [0.29, 0.717) is 12.4 Å². The van der Waals surface area contributed by atoms with Crippen molar-refractivity contribution >= 4 is 15.9 Å². The van der Waals surface area contributed by atoms with E-state index in [-0.39, 0.29) is 0 Å². The van der Waals surface area contributed by atoms with Crippen LogP contribution in [0, 0.1) is 0 Å². The first-order valence-electron chi connectivity index (χ1n) is 4.82. The second kappa shape index (κ2) is 6.10. The molecule has 0 bridgehead atoms. The molecule has 0 amide bonds. The lowest BCUT2D eigenvalue weighted by Gasteiger charge is -2.10. The number of phenols is 1. The molecule has 0 aliphatic heterocycles. The molecule has 84 valence electrons. The summed E-state index contributed by atoms with van der Waals surface area (Å²) >= 11 is 3.42. The first-order valence-corrected chi connectivity index (χ1v) is 5.62. The van der Waals surface area contributed by atoms with Crippen molar-refractivity contribution < 1.29 is 9.84 Å². The third kappa shape index (κ3) is 3.48. The zero-order valence-electron chi connectivity index (χ0n) is 9.01. The number of phenolic OH excluding ortho intramolecular Hbond substituents is 1. The molecule has 1 aromatic carbocycles. The maximum Gasteiger partial charge on any atom is 0.124 e. The maximum absolute atomic E-state index is 9.94. The number of methoxy groups -OCH3 is 1. The highest BCUT2D eigenvalue weighted by Gasteiger charge is 2.08. The Morgan fingerprint density at radius 3 is 2.67 bits per heavy atom. The number of hydrogen-bond donors (Lipinski definition) is 2. The van der Waals surface area contributed by atoms with E-state index in [2.05, 4.69) is 21.2 Å². The number of rotatable bonds is 5. The minimum absolute atomic E-state index is 0.343. The quantitative estimate of drug-likeness (QED) is 0.863. The fraction of sp³-hybridized carbons (Fsp3) is 0.455. The first kappa shape index (κ1) is 12.5. The van der Waals surface area contributed by atoms with Crippen LogP contribution in [-0.4, -0.2) is 25.8 Å². The summed E-state index contributed by atoms with van der Waals surface area (Å²) in [4.78, 5) is 0. The molecule has 0 aromatic heterocycles. The number of ether oxygens (including phenoxy) is 1. The molecule has 0 fully saturated rings. The lowest BCUT2D eigenvalue weighted by molar-refractivity contribution is 0.182. The van der Waals surface area contributed by atoms with Crippen molar-refractivity contribution in [2.45, 2.75) is 13.0 Å². The Morgan fingerprint density at radius 1 is 1.40 bits per heavy atom. The van der Waals surface area contributed by atoms with Crippen molar-refractivity contribution in [2.24, 2.45) is 0 Å². The van der Waals surface area contributed by atoms with Crippen molar-refractivity contribution in [3.8, 4) is 5.75 Å². The molecule has 15 heavy (non-hydrogen) atoms. The largest absolute Gasteiger partial charge is 0.507 e. The highest BCUT2D eigenvalue weighted by Crippen LogP contribution is 2.28. The number of likely N-dealkylation sites (N-methyl/N-ethyl adjacent to an activating group) is 1. The highest BCUT2D eigenvalue weighted by molar-refractivity contribution is 9.10. The summed E-state index contributed by atoms with van der Waals surface area (Å²) in [5.74, 6) is 0.343. The molecule has 0 saturated carbocycles. The van der Waals surface area contributed by atoms with Crippen molar-refractivity contribution in [2.75, 3.05) is 20.7 Å². The van der Waals surface area contributed by atoms with Gasteiger partial charge in [0.05, 0.1) is 6.61 Å². The van der Waals surface area contributed by atoms with Gasteiger partial charge in [0.25, 0.3) is 0 Å². The van der Waals surface area contributed by atoms with Crippen molar-refractivity contribution in [3.05, 3.63) is 27.7 Å². The first-order chi connectivity index (χ1) is 7.19. The van der Waals surface area contributed by atoms with Crippen LogP contribution in [0.4, 0.5) is 0 Å². The van der Waals surface area contributed by atoms with E-state index in [1.54, 1.807) is 7.11 Å². The molecule has 1 rings (SSSR count). The van der Waals surface area contributed by atoms with Gasteiger partial charge in [-0.25, -0.2) is 0 Å². The fourth-order valence-electron chi connectivity index (χ4n) is 1.43. The molecule has 1 aromatic rings. The predicted molar refractivity (Wildman–Crippen MR) is 64.2 cm³/mol. The number of nitrogens with one attached hydrogen (secondary N) is 1. The molecule has 0 atom stereocenters. The Balaban J connectivity index is 2.93. The summed E-state index contributed by atoms with van der Waals surface area (Å²) in [6.45, 7) is 1.27. The molecule has 3 nitrogen and oxygen atoms in total. The summed E-state index contributed by atoms with van der Waals surface area (Å²) in [6, 6.07) is 3.81. The molecule has 0 unspecified atom stereocenters. The second-order valence-electron chi connectivity index (χ2n) is 3.36. The summed E-state index contributed by atoms with van der Waals surface area (Å²) in [6.07, 6.45) is 0.804. The number of hydrogen-bond acceptors (Lipinski definition) is 3. The van der Waals surface area contributed by atoms with E-state index in [1.807, 2.05) is 19.2 Å². The van der Waals surface area contributed by atoms with Crippen LogP contribution >= 0.6 is 15.9 Å². The average molecular weight is 274 g/mol. The van der Waals surface area contributed by atoms with E-state index in [0.717, 1.165) is 28.6 Å². The molecule has 0 radical (unpaired) electrons. The van der Waals surface area contributed by atoms with Crippen LogP contribution in [0.5, 0.6) is 5.75 Å². The van der Waals surface area contributed by atoms with Gasteiger partial charge in [-0.3, -0.25) is 0 Å². The lowest BCUT2D eigenvalue weighted by Crippen LogP contribution is -2.10. The van der Waals surface area contributed by atoms with Gasteiger partial charge in [-0.05, 0) is 37.7 Å². The lowest BCUT2D eigenvalue weighted by atomic mass is 10.1. The van der Waals surface area contributed by atoms with Crippen LogP contribution in [0.1, 0.15) is 11.1 Å². The fourth-order valence-corrected chi connectivity index (χ4v) is 1.99. The molecular weight excluding hydrogens is 258 g/mol. The van der Waals surface area contributed by atoms with Crippen LogP contribution in [-0.2, 0) is 17.8 Å². The topological polar surface area (TPSA) is 41.5 Å². The minimum Gasteiger partial charge on any atom is -0.507 e. The van der Waals surface area contributed by atoms with Gasteiger partial charge in [-0.2, -0.15) is 0 Å². The standard InChI is InChI=1S/C11H16BrNO2/c1-13-4-3-8-5-10(12)6-9(7-15-2)11(8)14/h5-6,13-14H,3-4,7H2,1-2H3. The van der Waals surface area contributed by atoms with E-state index in [4.69, 9.17) is 4.74 Å². The molecule has 2 N–H and O–H groups in total. The Kier molecular flexibility index (Phi) is 5.08. The van der Waals surface area contributed by atoms with Crippen molar-refractivity contribution in [1.29, 1.82) is 0 Å². The third-order valence-electron chi connectivity index (χ3n) is 2.18. The van der Waals surface area contributed by atoms with Crippen LogP contribution < -0.4 is 5.32 Å². The van der Waals surface area contributed by atoms with E-state index >= 15 is 0 Å². The van der Waals surface area contributed by atoms with Gasteiger partial charge < -0.3 is 15.2 Å². The number of halogens is 1. The van der Waals surface area contributed by atoms with Gasteiger partial charge in [-0.15, -0.1) is 0 Å². The average Bonchev–Trinajstić information content (AvgIpc) is 2.21. The monoisotopic (exact) mass is 273 g/mol. The van der Waals surface area contributed by atoms with Crippen LogP contribution in [0.15, 0.2) is 16.6 Å². The number of aromatic hydroxyl groups is 1. The van der Waals surface area contributed by atoms with Gasteiger partial charge in [0.2, 0.25) is 0 Å². The molecular formula is C11H16BrNO2. The SMILES string of the molecule is CNCCc1cc(Br)cc(COC)c1O. The second-order valence-corrected chi connectivity index (χ2v) is 4.27. The summed E-state index contributed by atoms with van der Waals surface area (Å²) < 4.78 is 6.00. The van der Waals surface area contributed by atoms with E-state index in [9.17, 15) is 5.11 Å². The molecule has 0 saturated heterocycles. The van der Waals surface area contributed by atoms with Gasteiger partial charge in [0.15, 0.2) is 0 Å². The van der Waals surface area contributed by atoms with Crippen LogP contribution in [0.2, 0.25) is 0 Å². The molecule has 0 spiro atoms. The van der Waals surface area contributed by atoms with Crippen molar-refractivity contribution in [3.63, 3.8) is 0 Å². The molecule has 0 aliphatic rings. The van der Waals surface area contributed by atoms with Crippen LogP contribution in [0.25, 0.3) is 0 Å². The summed E-state index contributed by atoms with van der Waals surface area (Å²) in [5.41, 5.74) is 1.75. The molecule has 0 heterocycles. The smallest absolute Gasteiger partial charge is 0.124 e. The zero-order valence-corrected chi connectivity index (χ0v) is 10.6. The Morgan fingerprint density at radius 2 is 2.07 bits per heavy atom. The van der Waals surface area contributed by atoms with Crippen LogP contribution in [0.3, 0.4) is 0 Å². The Bertz CT molecular complexity index is 329. The third-order valence-corrected chi connectivity index (χ3v) is 2.63. The maximum atomic E-state index is 9.94. The van der Waals surface area contributed by atoms with Gasteiger partial charge in [-0.1, -0.05) is 15.9 Å². The van der Waals surface area contributed by atoms with Gasteiger partial charge in [0, 0.05) is 17.1 Å². The summed E-state index contributed by atoms with van der Waals surface area (Å²) in [5, 5.41) is 13.0. The molecule has 0 aliphatic carbocycles. The van der Waals surface area contributed by atoms with Gasteiger partial charge in [0.1, 0.15) is 5.75 Å². The Hall–Kier alpha value is -0.580. The normalized spacial score (nSPS) is 10.6. The van der Waals surface area contributed by atoms with E-state index in [1.165, 1.54) is 0 Å². The highest BCUT2D eigenvalue weighted by atomic mass is 79.9. The summed E-state index contributed by atoms with van der Waals surface area (Å²) in [7, 11) is 3.51.